The summed E-state index contributed by atoms with van der Waals surface area (Å²) in [7, 11) is 1.70. The second kappa shape index (κ2) is 12.9. The number of rotatable bonds is 12. The van der Waals surface area contributed by atoms with Crippen LogP contribution < -0.4 is 5.32 Å². The summed E-state index contributed by atoms with van der Waals surface area (Å²) in [5, 5.41) is 3.59. The standard InChI is InChI=1S/C13H29NO2/c1-4-7-13(14-9-5-2)8-6-10-16-12-11-15-3/h13-14H,4-12H2,1-3H3. The van der Waals surface area contributed by atoms with Gasteiger partial charge in [0.25, 0.3) is 0 Å². The zero-order valence-corrected chi connectivity index (χ0v) is 11.3. The van der Waals surface area contributed by atoms with Crippen molar-refractivity contribution in [3.05, 3.63) is 0 Å². The zero-order valence-electron chi connectivity index (χ0n) is 11.3. The Morgan fingerprint density at radius 3 is 2.44 bits per heavy atom. The number of ether oxygens (including phenoxy) is 2. The van der Waals surface area contributed by atoms with Crippen molar-refractivity contribution in [1.82, 2.24) is 5.32 Å². The van der Waals surface area contributed by atoms with Gasteiger partial charge >= 0.3 is 0 Å². The SMILES string of the molecule is CCCNC(CCC)CCCOCCOC. The third-order valence-corrected chi connectivity index (χ3v) is 2.59. The van der Waals surface area contributed by atoms with Crippen LogP contribution in [0, 0.1) is 0 Å². The van der Waals surface area contributed by atoms with Gasteiger partial charge in [-0.1, -0.05) is 20.3 Å². The van der Waals surface area contributed by atoms with Crippen LogP contribution >= 0.6 is 0 Å². The summed E-state index contributed by atoms with van der Waals surface area (Å²) in [6.45, 7) is 7.87. The molecule has 0 aromatic heterocycles. The van der Waals surface area contributed by atoms with E-state index in [0.29, 0.717) is 12.6 Å². The highest BCUT2D eigenvalue weighted by Crippen LogP contribution is 2.05. The van der Waals surface area contributed by atoms with Crippen LogP contribution in [-0.2, 0) is 9.47 Å². The molecule has 0 heterocycles. The number of nitrogens with one attached hydrogen (secondary N) is 1. The minimum atomic E-state index is 0.677. The smallest absolute Gasteiger partial charge is 0.0700 e. The highest BCUT2D eigenvalue weighted by Gasteiger charge is 2.05. The molecule has 0 rings (SSSR count). The van der Waals surface area contributed by atoms with Crippen molar-refractivity contribution < 1.29 is 9.47 Å². The molecule has 3 nitrogen and oxygen atoms in total. The Kier molecular flexibility index (Phi) is 12.9. The van der Waals surface area contributed by atoms with Gasteiger partial charge in [0.1, 0.15) is 0 Å². The summed E-state index contributed by atoms with van der Waals surface area (Å²) in [6, 6.07) is 0.677. The average molecular weight is 231 g/mol. The number of methoxy groups -OCH3 is 1. The monoisotopic (exact) mass is 231 g/mol. The first-order valence-corrected chi connectivity index (χ1v) is 6.65. The van der Waals surface area contributed by atoms with E-state index in [-0.39, 0.29) is 0 Å². The lowest BCUT2D eigenvalue weighted by Gasteiger charge is -2.17. The maximum atomic E-state index is 5.45. The molecule has 0 aliphatic carbocycles. The van der Waals surface area contributed by atoms with Crippen molar-refractivity contribution in [1.29, 1.82) is 0 Å². The van der Waals surface area contributed by atoms with Crippen LogP contribution in [-0.4, -0.2) is 39.5 Å². The Bertz CT molecular complexity index is 131. The summed E-state index contributed by atoms with van der Waals surface area (Å²) in [5.41, 5.74) is 0. The molecular formula is C13H29NO2. The molecule has 1 atom stereocenters. The van der Waals surface area contributed by atoms with Gasteiger partial charge in [-0.2, -0.15) is 0 Å². The first-order valence-electron chi connectivity index (χ1n) is 6.65. The maximum absolute atomic E-state index is 5.45. The molecule has 0 amide bonds. The second-order valence-electron chi connectivity index (χ2n) is 4.19. The normalized spacial score (nSPS) is 12.9. The third kappa shape index (κ3) is 10.4. The number of hydrogen-bond acceptors (Lipinski definition) is 3. The Morgan fingerprint density at radius 2 is 1.81 bits per heavy atom. The van der Waals surface area contributed by atoms with E-state index < -0.39 is 0 Å². The second-order valence-corrected chi connectivity index (χ2v) is 4.19. The zero-order chi connectivity index (χ0) is 12.1. The predicted octanol–water partition coefficient (Wildman–Crippen LogP) is 2.60. The minimum absolute atomic E-state index is 0.677. The molecule has 1 N–H and O–H groups in total. The van der Waals surface area contributed by atoms with Crippen molar-refractivity contribution in [2.75, 3.05) is 33.5 Å². The van der Waals surface area contributed by atoms with E-state index in [4.69, 9.17) is 9.47 Å². The van der Waals surface area contributed by atoms with Crippen LogP contribution in [0.1, 0.15) is 46.0 Å². The third-order valence-electron chi connectivity index (χ3n) is 2.59. The van der Waals surface area contributed by atoms with Crippen molar-refractivity contribution in [2.45, 2.75) is 52.0 Å². The van der Waals surface area contributed by atoms with Gasteiger partial charge in [0, 0.05) is 19.8 Å². The van der Waals surface area contributed by atoms with Crippen molar-refractivity contribution in [3.8, 4) is 0 Å². The van der Waals surface area contributed by atoms with E-state index in [2.05, 4.69) is 19.2 Å². The molecular weight excluding hydrogens is 202 g/mol. The summed E-state index contributed by atoms with van der Waals surface area (Å²) < 4.78 is 10.4. The van der Waals surface area contributed by atoms with Gasteiger partial charge in [0.2, 0.25) is 0 Å². The van der Waals surface area contributed by atoms with Gasteiger partial charge in [-0.3, -0.25) is 0 Å². The van der Waals surface area contributed by atoms with E-state index in [1.807, 2.05) is 0 Å². The largest absolute Gasteiger partial charge is 0.382 e. The van der Waals surface area contributed by atoms with Crippen LogP contribution in [0.5, 0.6) is 0 Å². The first kappa shape index (κ1) is 15.9. The van der Waals surface area contributed by atoms with Gasteiger partial charge in [0.15, 0.2) is 0 Å². The molecule has 0 aliphatic heterocycles. The highest BCUT2D eigenvalue weighted by atomic mass is 16.5. The van der Waals surface area contributed by atoms with Crippen molar-refractivity contribution in [3.63, 3.8) is 0 Å². The van der Waals surface area contributed by atoms with E-state index in [0.717, 1.165) is 26.2 Å². The van der Waals surface area contributed by atoms with Crippen LogP contribution in [0.3, 0.4) is 0 Å². The Balaban J connectivity index is 3.36. The molecule has 3 heteroatoms. The fraction of sp³-hybridized carbons (Fsp3) is 1.00. The molecule has 1 unspecified atom stereocenters. The molecule has 98 valence electrons. The molecule has 0 spiro atoms. The van der Waals surface area contributed by atoms with Crippen LogP contribution in [0.15, 0.2) is 0 Å². The molecule has 0 aromatic rings. The molecule has 0 saturated carbocycles. The average Bonchev–Trinajstić information content (AvgIpc) is 2.30. The molecule has 0 saturated heterocycles. The van der Waals surface area contributed by atoms with Gasteiger partial charge < -0.3 is 14.8 Å². The molecule has 0 aliphatic rings. The molecule has 0 radical (unpaired) electrons. The molecule has 0 fully saturated rings. The minimum Gasteiger partial charge on any atom is -0.382 e. The van der Waals surface area contributed by atoms with Crippen LogP contribution in [0.2, 0.25) is 0 Å². The summed E-state index contributed by atoms with van der Waals surface area (Å²) in [6.07, 6.45) is 6.11. The quantitative estimate of drug-likeness (QED) is 0.524. The van der Waals surface area contributed by atoms with Gasteiger partial charge in [-0.25, -0.2) is 0 Å². The van der Waals surface area contributed by atoms with Gasteiger partial charge in [-0.05, 0) is 32.2 Å². The van der Waals surface area contributed by atoms with E-state index in [1.54, 1.807) is 7.11 Å². The lowest BCUT2D eigenvalue weighted by Crippen LogP contribution is -2.29. The predicted molar refractivity (Wildman–Crippen MR) is 68.9 cm³/mol. The lowest BCUT2D eigenvalue weighted by molar-refractivity contribution is 0.0677. The van der Waals surface area contributed by atoms with Crippen molar-refractivity contribution >= 4 is 0 Å². The fourth-order valence-electron chi connectivity index (χ4n) is 1.72. The Morgan fingerprint density at radius 1 is 1.00 bits per heavy atom. The van der Waals surface area contributed by atoms with Crippen LogP contribution in [0.4, 0.5) is 0 Å². The molecule has 16 heavy (non-hydrogen) atoms. The van der Waals surface area contributed by atoms with Gasteiger partial charge in [0.05, 0.1) is 13.2 Å². The summed E-state index contributed by atoms with van der Waals surface area (Å²) in [4.78, 5) is 0. The molecule has 0 bridgehead atoms. The molecule has 0 aromatic carbocycles. The Labute approximate surface area is 101 Å². The fourth-order valence-corrected chi connectivity index (χ4v) is 1.72. The Hall–Kier alpha value is -0.120. The summed E-state index contributed by atoms with van der Waals surface area (Å²) in [5.74, 6) is 0. The number of hydrogen-bond donors (Lipinski definition) is 1. The van der Waals surface area contributed by atoms with E-state index in [1.165, 1.54) is 25.7 Å². The van der Waals surface area contributed by atoms with E-state index >= 15 is 0 Å². The lowest BCUT2D eigenvalue weighted by atomic mass is 10.1. The van der Waals surface area contributed by atoms with Crippen molar-refractivity contribution in [2.24, 2.45) is 0 Å². The maximum Gasteiger partial charge on any atom is 0.0700 e. The topological polar surface area (TPSA) is 30.5 Å². The first-order chi connectivity index (χ1) is 7.85. The van der Waals surface area contributed by atoms with Gasteiger partial charge in [-0.15, -0.1) is 0 Å². The summed E-state index contributed by atoms with van der Waals surface area (Å²) >= 11 is 0. The van der Waals surface area contributed by atoms with Crippen LogP contribution in [0.25, 0.3) is 0 Å². The highest BCUT2D eigenvalue weighted by molar-refractivity contribution is 4.65. The van der Waals surface area contributed by atoms with E-state index in [9.17, 15) is 0 Å².